The third-order valence-electron chi connectivity index (χ3n) is 6.51. The van der Waals surface area contributed by atoms with Gasteiger partial charge in [0.2, 0.25) is 0 Å². The fourth-order valence-corrected chi connectivity index (χ4v) is 5.06. The van der Waals surface area contributed by atoms with E-state index in [0.717, 1.165) is 11.8 Å². The number of hydrogen-bond acceptors (Lipinski definition) is 2. The molecular weight excluding hydrogens is 350 g/mol. The van der Waals surface area contributed by atoms with Crippen LogP contribution < -0.4 is 0 Å². The molecule has 2 aliphatic carbocycles. The lowest BCUT2D eigenvalue weighted by atomic mass is 9.60. The lowest BCUT2D eigenvalue weighted by Crippen LogP contribution is -2.38. The molecule has 0 spiro atoms. The van der Waals surface area contributed by atoms with Gasteiger partial charge in [-0.3, -0.25) is 0 Å². The predicted octanol–water partition coefficient (Wildman–Crippen LogP) is 4.90. The summed E-state index contributed by atoms with van der Waals surface area (Å²) < 4.78 is 0. The molecule has 0 amide bonds. The number of likely N-dealkylation sites (tertiary alicyclic amines) is 1. The number of phenolic OH excluding ortho intramolecular Hbond substituents is 1. The van der Waals surface area contributed by atoms with E-state index >= 15 is 0 Å². The van der Waals surface area contributed by atoms with Gasteiger partial charge in [-0.2, -0.15) is 0 Å². The number of fused-ring (bicyclic) bond motifs is 1. The highest BCUT2D eigenvalue weighted by molar-refractivity contribution is 8.93. The summed E-state index contributed by atoms with van der Waals surface area (Å²) in [6, 6.07) is 8.18. The monoisotopic (exact) mass is 379 g/mol. The summed E-state index contributed by atoms with van der Waals surface area (Å²) in [6.07, 6.45) is 11.0. The topological polar surface area (TPSA) is 23.5 Å². The van der Waals surface area contributed by atoms with Crippen molar-refractivity contribution < 1.29 is 5.11 Å². The minimum atomic E-state index is 0. The molecule has 1 aliphatic heterocycles. The molecule has 128 valence electrons. The molecule has 2 unspecified atom stereocenters. The summed E-state index contributed by atoms with van der Waals surface area (Å²) in [5.41, 5.74) is 1.74. The molecule has 4 rings (SSSR count). The zero-order valence-corrected chi connectivity index (χ0v) is 15.8. The van der Waals surface area contributed by atoms with Crippen molar-refractivity contribution in [3.8, 4) is 5.75 Å². The van der Waals surface area contributed by atoms with Crippen LogP contribution in [0, 0.1) is 11.8 Å². The number of aromatic hydroxyl groups is 1. The molecule has 3 heteroatoms. The Hall–Kier alpha value is -0.540. The van der Waals surface area contributed by atoms with Gasteiger partial charge < -0.3 is 10.0 Å². The third kappa shape index (κ3) is 3.61. The number of rotatable bonds is 3. The minimum absolute atomic E-state index is 0. The number of nitrogens with zero attached hydrogens (tertiary/aromatic N) is 1. The zero-order valence-electron chi connectivity index (χ0n) is 14.0. The van der Waals surface area contributed by atoms with Crippen molar-refractivity contribution in [2.45, 2.75) is 56.8 Å². The molecular formula is C20H30BrNO. The Morgan fingerprint density at radius 3 is 2.70 bits per heavy atom. The van der Waals surface area contributed by atoms with Crippen LogP contribution in [0.5, 0.6) is 5.75 Å². The Balaban J connectivity index is 0.00000156. The van der Waals surface area contributed by atoms with Crippen molar-refractivity contribution in [2.75, 3.05) is 19.6 Å². The largest absolute Gasteiger partial charge is 0.508 e. The van der Waals surface area contributed by atoms with Crippen molar-refractivity contribution in [3.63, 3.8) is 0 Å². The SMILES string of the molecule is Br.Oc1cccc(C23CCCCC2CCN(CC2CC2)CC3)c1. The summed E-state index contributed by atoms with van der Waals surface area (Å²) >= 11 is 0. The number of hydrogen-bond donors (Lipinski definition) is 1. The normalized spacial score (nSPS) is 31.7. The number of halogens is 1. The van der Waals surface area contributed by atoms with Crippen molar-refractivity contribution >= 4 is 17.0 Å². The minimum Gasteiger partial charge on any atom is -0.508 e. The van der Waals surface area contributed by atoms with E-state index in [4.69, 9.17) is 0 Å². The van der Waals surface area contributed by atoms with Crippen LogP contribution in [0.15, 0.2) is 24.3 Å². The van der Waals surface area contributed by atoms with Crippen molar-refractivity contribution in [3.05, 3.63) is 29.8 Å². The zero-order chi connectivity index (χ0) is 15.0. The van der Waals surface area contributed by atoms with Gasteiger partial charge in [0.1, 0.15) is 5.75 Å². The quantitative estimate of drug-likeness (QED) is 0.806. The van der Waals surface area contributed by atoms with E-state index in [9.17, 15) is 5.11 Å². The number of phenols is 1. The smallest absolute Gasteiger partial charge is 0.115 e. The van der Waals surface area contributed by atoms with Gasteiger partial charge in [0.25, 0.3) is 0 Å². The van der Waals surface area contributed by atoms with Gasteiger partial charge >= 0.3 is 0 Å². The molecule has 1 aromatic carbocycles. The lowest BCUT2D eigenvalue weighted by molar-refractivity contribution is 0.176. The molecule has 23 heavy (non-hydrogen) atoms. The first-order valence-corrected chi connectivity index (χ1v) is 9.28. The summed E-state index contributed by atoms with van der Waals surface area (Å²) in [6.45, 7) is 3.88. The highest BCUT2D eigenvalue weighted by atomic mass is 79.9. The van der Waals surface area contributed by atoms with Crippen molar-refractivity contribution in [2.24, 2.45) is 11.8 Å². The number of benzene rings is 1. The average Bonchev–Trinajstić information content (AvgIpc) is 3.36. The van der Waals surface area contributed by atoms with Crippen molar-refractivity contribution in [1.29, 1.82) is 0 Å². The molecule has 0 aromatic heterocycles. The summed E-state index contributed by atoms with van der Waals surface area (Å²) in [4.78, 5) is 2.74. The van der Waals surface area contributed by atoms with Crippen LogP contribution >= 0.6 is 17.0 Å². The fraction of sp³-hybridized carbons (Fsp3) is 0.700. The highest BCUT2D eigenvalue weighted by Gasteiger charge is 2.43. The van der Waals surface area contributed by atoms with Gasteiger partial charge in [0, 0.05) is 6.54 Å². The van der Waals surface area contributed by atoms with E-state index in [2.05, 4.69) is 17.0 Å². The van der Waals surface area contributed by atoms with Crippen LogP contribution in [-0.2, 0) is 5.41 Å². The average molecular weight is 380 g/mol. The Morgan fingerprint density at radius 1 is 1.04 bits per heavy atom. The van der Waals surface area contributed by atoms with Crippen LogP contribution in [0.3, 0.4) is 0 Å². The van der Waals surface area contributed by atoms with Crippen molar-refractivity contribution in [1.82, 2.24) is 4.90 Å². The van der Waals surface area contributed by atoms with Gasteiger partial charge in [-0.15, -0.1) is 17.0 Å². The fourth-order valence-electron chi connectivity index (χ4n) is 5.06. The molecule has 0 bridgehead atoms. The molecule has 2 saturated carbocycles. The first kappa shape index (κ1) is 17.3. The molecule has 0 radical (unpaired) electrons. The van der Waals surface area contributed by atoms with Gasteiger partial charge in [0.05, 0.1) is 0 Å². The summed E-state index contributed by atoms with van der Waals surface area (Å²) in [7, 11) is 0. The first-order chi connectivity index (χ1) is 10.8. The van der Waals surface area contributed by atoms with E-state index in [1.165, 1.54) is 76.6 Å². The van der Waals surface area contributed by atoms with Gasteiger partial charge in [-0.05, 0) is 86.6 Å². The maximum Gasteiger partial charge on any atom is 0.115 e. The first-order valence-electron chi connectivity index (χ1n) is 9.28. The molecule has 1 saturated heterocycles. The second-order valence-corrected chi connectivity index (χ2v) is 7.93. The Labute approximate surface area is 151 Å². The second-order valence-electron chi connectivity index (χ2n) is 7.93. The lowest BCUT2D eigenvalue weighted by Gasteiger charge is -2.44. The van der Waals surface area contributed by atoms with Crippen LogP contribution in [0.2, 0.25) is 0 Å². The summed E-state index contributed by atoms with van der Waals surface area (Å²) in [5.74, 6) is 2.25. The highest BCUT2D eigenvalue weighted by Crippen LogP contribution is 2.50. The van der Waals surface area contributed by atoms with E-state index < -0.39 is 0 Å². The standard InChI is InChI=1S/C20H29NO.BrH/c22-19-6-3-5-18(14-19)20-10-2-1-4-17(20)9-12-21(13-11-20)15-16-7-8-16;/h3,5-6,14,16-17,22H,1-2,4,7-13,15H2;1H. The van der Waals surface area contributed by atoms with E-state index in [0.29, 0.717) is 11.2 Å². The molecule has 2 atom stereocenters. The van der Waals surface area contributed by atoms with Crippen LogP contribution in [0.4, 0.5) is 0 Å². The molecule has 3 fully saturated rings. The summed E-state index contributed by atoms with van der Waals surface area (Å²) in [5, 5.41) is 9.97. The Bertz CT molecular complexity index is 530. The van der Waals surface area contributed by atoms with E-state index in [1.54, 1.807) is 0 Å². The van der Waals surface area contributed by atoms with Gasteiger partial charge in [-0.1, -0.05) is 25.0 Å². The molecule has 1 aromatic rings. The van der Waals surface area contributed by atoms with Crippen LogP contribution in [0.1, 0.15) is 56.9 Å². The molecule has 1 N–H and O–H groups in total. The van der Waals surface area contributed by atoms with Gasteiger partial charge in [-0.25, -0.2) is 0 Å². The Morgan fingerprint density at radius 2 is 1.91 bits per heavy atom. The third-order valence-corrected chi connectivity index (χ3v) is 6.51. The predicted molar refractivity (Wildman–Crippen MR) is 100 cm³/mol. The van der Waals surface area contributed by atoms with Gasteiger partial charge in [0.15, 0.2) is 0 Å². The molecule has 3 aliphatic rings. The Kier molecular flexibility index (Phi) is 5.37. The maximum atomic E-state index is 9.97. The van der Waals surface area contributed by atoms with Crippen LogP contribution in [-0.4, -0.2) is 29.6 Å². The van der Waals surface area contributed by atoms with E-state index in [1.807, 2.05) is 12.1 Å². The van der Waals surface area contributed by atoms with E-state index in [-0.39, 0.29) is 17.0 Å². The second kappa shape index (κ2) is 7.14. The molecule has 2 nitrogen and oxygen atoms in total. The van der Waals surface area contributed by atoms with Crippen LogP contribution in [0.25, 0.3) is 0 Å². The maximum absolute atomic E-state index is 9.97. The molecule has 1 heterocycles.